The first kappa shape index (κ1) is 12.3. The van der Waals surface area contributed by atoms with Crippen molar-refractivity contribution in [2.24, 2.45) is 11.8 Å². The van der Waals surface area contributed by atoms with Gasteiger partial charge in [0.15, 0.2) is 0 Å². The van der Waals surface area contributed by atoms with Crippen molar-refractivity contribution < 1.29 is 0 Å². The van der Waals surface area contributed by atoms with E-state index in [1.807, 2.05) is 0 Å². The number of unbranched alkanes of at least 4 members (excludes halogenated alkanes) is 1. The highest BCUT2D eigenvalue weighted by Gasteiger charge is 2.21. The topological polar surface area (TPSA) is 23.8 Å². The lowest BCUT2D eigenvalue weighted by molar-refractivity contribution is 0.547. The second kappa shape index (κ2) is 6.67. The predicted molar refractivity (Wildman–Crippen MR) is 64.3 cm³/mol. The lowest BCUT2D eigenvalue weighted by Crippen LogP contribution is -1.99. The number of nitriles is 1. The molecule has 0 heterocycles. The van der Waals surface area contributed by atoms with Gasteiger partial charge in [-0.05, 0) is 31.6 Å². The maximum atomic E-state index is 9.00. The molecule has 1 rings (SSSR count). The number of rotatable bonds is 8. The van der Waals surface area contributed by atoms with Crippen LogP contribution in [0.3, 0.4) is 0 Å². The van der Waals surface area contributed by atoms with Crippen molar-refractivity contribution >= 4 is 0 Å². The third kappa shape index (κ3) is 5.62. The average molecular weight is 205 g/mol. The minimum absolute atomic E-state index is 0.219. The zero-order valence-electron chi connectivity index (χ0n) is 9.97. The molecule has 15 heavy (non-hydrogen) atoms. The number of nitrogens with zero attached hydrogens (tertiary/aromatic N) is 1. The van der Waals surface area contributed by atoms with Crippen LogP contribution in [0.15, 0.2) is 12.2 Å². The molecule has 0 aromatic heterocycles. The van der Waals surface area contributed by atoms with Gasteiger partial charge >= 0.3 is 0 Å². The van der Waals surface area contributed by atoms with E-state index in [1.165, 1.54) is 37.7 Å². The van der Waals surface area contributed by atoms with Gasteiger partial charge in [0.2, 0.25) is 0 Å². The SMILES string of the molecule is C=C(CCC1CC1)CC(C#N)CCCC. The summed E-state index contributed by atoms with van der Waals surface area (Å²) in [7, 11) is 0. The number of hydrogen-bond donors (Lipinski definition) is 0. The molecule has 1 atom stereocenters. The highest BCUT2D eigenvalue weighted by molar-refractivity contribution is 5.01. The Morgan fingerprint density at radius 2 is 2.27 bits per heavy atom. The summed E-state index contributed by atoms with van der Waals surface area (Å²) in [6.07, 6.45) is 9.65. The van der Waals surface area contributed by atoms with Gasteiger partial charge in [-0.15, -0.1) is 0 Å². The van der Waals surface area contributed by atoms with E-state index in [1.54, 1.807) is 0 Å². The van der Waals surface area contributed by atoms with E-state index in [0.717, 1.165) is 25.2 Å². The molecule has 0 N–H and O–H groups in total. The molecule has 1 saturated carbocycles. The van der Waals surface area contributed by atoms with E-state index in [4.69, 9.17) is 5.26 Å². The maximum absolute atomic E-state index is 9.00. The molecule has 0 aromatic rings. The van der Waals surface area contributed by atoms with Gasteiger partial charge in [-0.2, -0.15) is 5.26 Å². The molecular formula is C14H23N. The smallest absolute Gasteiger partial charge is 0.0659 e. The second-order valence-corrected chi connectivity index (χ2v) is 4.90. The normalized spacial score (nSPS) is 17.1. The first-order valence-corrected chi connectivity index (χ1v) is 6.32. The highest BCUT2D eigenvalue weighted by Crippen LogP contribution is 2.35. The summed E-state index contributed by atoms with van der Waals surface area (Å²) in [6, 6.07) is 2.41. The first-order valence-electron chi connectivity index (χ1n) is 6.32. The van der Waals surface area contributed by atoms with Crippen molar-refractivity contribution in [3.63, 3.8) is 0 Å². The summed E-state index contributed by atoms with van der Waals surface area (Å²) >= 11 is 0. The van der Waals surface area contributed by atoms with Gasteiger partial charge < -0.3 is 0 Å². The number of allylic oxidation sites excluding steroid dienone is 1. The molecular weight excluding hydrogens is 182 g/mol. The molecule has 1 nitrogen and oxygen atoms in total. The van der Waals surface area contributed by atoms with Gasteiger partial charge in [0.05, 0.1) is 12.0 Å². The molecule has 0 saturated heterocycles. The molecule has 84 valence electrons. The summed E-state index contributed by atoms with van der Waals surface area (Å²) < 4.78 is 0. The van der Waals surface area contributed by atoms with Gasteiger partial charge in [0.25, 0.3) is 0 Å². The van der Waals surface area contributed by atoms with Gasteiger partial charge in [-0.3, -0.25) is 0 Å². The number of hydrogen-bond acceptors (Lipinski definition) is 1. The quantitative estimate of drug-likeness (QED) is 0.537. The van der Waals surface area contributed by atoms with Crippen LogP contribution < -0.4 is 0 Å². The fourth-order valence-electron chi connectivity index (χ4n) is 1.93. The minimum atomic E-state index is 0.219. The highest BCUT2D eigenvalue weighted by atomic mass is 14.3. The zero-order valence-corrected chi connectivity index (χ0v) is 9.97. The van der Waals surface area contributed by atoms with Crippen molar-refractivity contribution in [2.75, 3.05) is 0 Å². The van der Waals surface area contributed by atoms with E-state index >= 15 is 0 Å². The van der Waals surface area contributed by atoms with Crippen molar-refractivity contribution in [3.8, 4) is 6.07 Å². The molecule has 0 aliphatic heterocycles. The van der Waals surface area contributed by atoms with Gasteiger partial charge in [0.1, 0.15) is 0 Å². The van der Waals surface area contributed by atoms with Gasteiger partial charge in [-0.25, -0.2) is 0 Å². The molecule has 1 heteroatoms. The molecule has 0 bridgehead atoms. The molecule has 1 aliphatic rings. The minimum Gasteiger partial charge on any atom is -0.198 e. The summed E-state index contributed by atoms with van der Waals surface area (Å²) in [5.74, 6) is 1.20. The maximum Gasteiger partial charge on any atom is 0.0659 e. The first-order chi connectivity index (χ1) is 7.26. The molecule has 0 spiro atoms. The van der Waals surface area contributed by atoms with Crippen molar-refractivity contribution in [1.82, 2.24) is 0 Å². The second-order valence-electron chi connectivity index (χ2n) is 4.90. The van der Waals surface area contributed by atoms with Crippen LogP contribution in [0.1, 0.15) is 58.3 Å². The zero-order chi connectivity index (χ0) is 11.1. The monoisotopic (exact) mass is 205 g/mol. The van der Waals surface area contributed by atoms with Crippen LogP contribution in [0.4, 0.5) is 0 Å². The largest absolute Gasteiger partial charge is 0.198 e. The Bertz CT molecular complexity index is 232. The van der Waals surface area contributed by atoms with Crippen molar-refractivity contribution in [3.05, 3.63) is 12.2 Å². The van der Waals surface area contributed by atoms with E-state index < -0.39 is 0 Å². The van der Waals surface area contributed by atoms with Crippen molar-refractivity contribution in [1.29, 1.82) is 5.26 Å². The molecule has 0 aromatic carbocycles. The third-order valence-corrected chi connectivity index (χ3v) is 3.23. The summed E-state index contributed by atoms with van der Waals surface area (Å²) in [4.78, 5) is 0. The van der Waals surface area contributed by atoms with E-state index in [-0.39, 0.29) is 5.92 Å². The van der Waals surface area contributed by atoms with Gasteiger partial charge in [-0.1, -0.05) is 44.8 Å². The van der Waals surface area contributed by atoms with Gasteiger partial charge in [0, 0.05) is 0 Å². The summed E-state index contributed by atoms with van der Waals surface area (Å²) in [6.45, 7) is 6.28. The standard InChI is InChI=1S/C14H23N/c1-3-4-5-14(11-15)10-12(2)6-7-13-8-9-13/h13-14H,2-10H2,1H3. The van der Waals surface area contributed by atoms with Crippen LogP contribution in [0.2, 0.25) is 0 Å². The fraction of sp³-hybridized carbons (Fsp3) is 0.786. The van der Waals surface area contributed by atoms with Crippen molar-refractivity contribution in [2.45, 2.75) is 58.3 Å². The third-order valence-electron chi connectivity index (χ3n) is 3.23. The Morgan fingerprint density at radius 1 is 1.53 bits per heavy atom. The van der Waals surface area contributed by atoms with E-state index in [0.29, 0.717) is 0 Å². The summed E-state index contributed by atoms with van der Waals surface area (Å²) in [5.41, 5.74) is 1.30. The lowest BCUT2D eigenvalue weighted by atomic mass is 9.93. The van der Waals surface area contributed by atoms with E-state index in [9.17, 15) is 0 Å². The van der Waals surface area contributed by atoms with E-state index in [2.05, 4.69) is 19.6 Å². The van der Waals surface area contributed by atoms with Crippen LogP contribution in [0.25, 0.3) is 0 Å². The Kier molecular flexibility index (Phi) is 5.47. The fourth-order valence-corrected chi connectivity index (χ4v) is 1.93. The van der Waals surface area contributed by atoms with Crippen LogP contribution in [-0.4, -0.2) is 0 Å². The lowest BCUT2D eigenvalue weighted by Gasteiger charge is -2.10. The van der Waals surface area contributed by atoms with Crippen LogP contribution in [-0.2, 0) is 0 Å². The Hall–Kier alpha value is -0.770. The summed E-state index contributed by atoms with van der Waals surface area (Å²) in [5, 5.41) is 9.00. The van der Waals surface area contributed by atoms with Crippen LogP contribution >= 0.6 is 0 Å². The molecule has 0 radical (unpaired) electrons. The predicted octanol–water partition coefficient (Wildman–Crippen LogP) is 4.45. The average Bonchev–Trinajstić information content (AvgIpc) is 3.05. The molecule has 1 aliphatic carbocycles. The molecule has 0 amide bonds. The Morgan fingerprint density at radius 3 is 2.80 bits per heavy atom. The molecule has 1 unspecified atom stereocenters. The van der Waals surface area contributed by atoms with Crippen LogP contribution in [0.5, 0.6) is 0 Å². The molecule has 1 fully saturated rings. The Balaban J connectivity index is 2.12. The van der Waals surface area contributed by atoms with Crippen LogP contribution in [0, 0.1) is 23.2 Å². The Labute approximate surface area is 94.2 Å².